The van der Waals surface area contributed by atoms with E-state index in [4.69, 9.17) is 33.2 Å². The van der Waals surface area contributed by atoms with E-state index in [1.54, 1.807) is 34.7 Å². The van der Waals surface area contributed by atoms with Gasteiger partial charge in [0, 0.05) is 18.9 Å². The van der Waals surface area contributed by atoms with Crippen LogP contribution in [-0.4, -0.2) is 47.1 Å². The van der Waals surface area contributed by atoms with Crippen LogP contribution in [0.3, 0.4) is 0 Å². The van der Waals surface area contributed by atoms with E-state index in [0.717, 1.165) is 37.7 Å². The van der Waals surface area contributed by atoms with Gasteiger partial charge in [0.1, 0.15) is 12.4 Å². The molecular weight excluding hydrogens is 376 g/mol. The molecule has 0 unspecified atom stereocenters. The number of ether oxygens (including phenoxy) is 7. The molecule has 4 rings (SSSR count). The van der Waals surface area contributed by atoms with Crippen LogP contribution in [0, 0.1) is 5.41 Å². The van der Waals surface area contributed by atoms with Crippen molar-refractivity contribution in [2.75, 3.05) is 35.2 Å². The van der Waals surface area contributed by atoms with Crippen molar-refractivity contribution in [2.24, 2.45) is 5.41 Å². The lowest BCUT2D eigenvalue weighted by atomic mass is 9.58. The van der Waals surface area contributed by atoms with Crippen LogP contribution in [0.25, 0.3) is 0 Å². The van der Waals surface area contributed by atoms with Gasteiger partial charge >= 0.3 is 0 Å². The Morgan fingerprint density at radius 2 is 1.76 bits per heavy atom. The molecule has 7 nitrogen and oxygen atoms in total. The van der Waals surface area contributed by atoms with Crippen LogP contribution in [0.1, 0.15) is 43.8 Å². The highest BCUT2D eigenvalue weighted by molar-refractivity contribution is 5.54. The minimum absolute atomic E-state index is 0.175. The molecule has 1 saturated heterocycles. The van der Waals surface area contributed by atoms with Crippen molar-refractivity contribution in [3.8, 4) is 17.2 Å². The summed E-state index contributed by atoms with van der Waals surface area (Å²) >= 11 is 0. The average molecular weight is 406 g/mol. The fourth-order valence-corrected chi connectivity index (χ4v) is 5.34. The molecule has 4 atom stereocenters. The van der Waals surface area contributed by atoms with Crippen molar-refractivity contribution < 1.29 is 33.2 Å². The van der Waals surface area contributed by atoms with Crippen LogP contribution < -0.4 is 14.2 Å². The molecule has 2 bridgehead atoms. The lowest BCUT2D eigenvalue weighted by Crippen LogP contribution is -2.50. The third-order valence-corrected chi connectivity index (χ3v) is 6.55. The third kappa shape index (κ3) is 3.16. The molecule has 1 aromatic carbocycles. The van der Waals surface area contributed by atoms with Gasteiger partial charge in [-0.25, -0.2) is 0 Å². The van der Waals surface area contributed by atoms with Crippen molar-refractivity contribution in [1.82, 2.24) is 0 Å². The van der Waals surface area contributed by atoms with Gasteiger partial charge in [-0.15, -0.1) is 0 Å². The second-order valence-electron chi connectivity index (χ2n) is 7.86. The summed E-state index contributed by atoms with van der Waals surface area (Å²) < 4.78 is 40.5. The highest BCUT2D eigenvalue weighted by Gasteiger charge is 2.65. The molecule has 1 saturated carbocycles. The number of rotatable bonds is 8. The Hall–Kier alpha value is -1.96. The SMILES string of the molecule is COCO[C@@H](c1cc(OC)c(OC)c(OC)c1)[C@@]12CCCC[C@@]13C=CO[C@@H](C2)O3. The minimum atomic E-state index is -0.410. The molecule has 1 aromatic rings. The summed E-state index contributed by atoms with van der Waals surface area (Å²) in [6, 6.07) is 3.93. The summed E-state index contributed by atoms with van der Waals surface area (Å²) in [7, 11) is 6.47. The maximum absolute atomic E-state index is 6.42. The Morgan fingerprint density at radius 3 is 2.41 bits per heavy atom. The molecule has 2 heterocycles. The Balaban J connectivity index is 1.84. The first kappa shape index (κ1) is 20.3. The second kappa shape index (κ2) is 8.05. The maximum atomic E-state index is 6.42. The van der Waals surface area contributed by atoms with Crippen molar-refractivity contribution in [1.29, 1.82) is 0 Å². The zero-order valence-corrected chi connectivity index (χ0v) is 17.6. The predicted molar refractivity (Wildman–Crippen MR) is 105 cm³/mol. The number of fused-ring (bicyclic) bond motifs is 1. The summed E-state index contributed by atoms with van der Waals surface area (Å²) in [5.74, 6) is 1.76. The Morgan fingerprint density at radius 1 is 1.03 bits per heavy atom. The molecule has 3 aliphatic rings. The lowest BCUT2D eigenvalue weighted by Gasteiger charge is -2.50. The van der Waals surface area contributed by atoms with Crippen molar-refractivity contribution >= 4 is 0 Å². The van der Waals surface area contributed by atoms with Gasteiger partial charge in [0.15, 0.2) is 11.5 Å². The van der Waals surface area contributed by atoms with Gasteiger partial charge in [-0.2, -0.15) is 0 Å². The van der Waals surface area contributed by atoms with Crippen molar-refractivity contribution in [2.45, 2.75) is 50.1 Å². The quantitative estimate of drug-likeness (QED) is 0.606. The molecule has 1 aliphatic carbocycles. The van der Waals surface area contributed by atoms with Gasteiger partial charge in [-0.1, -0.05) is 12.8 Å². The van der Waals surface area contributed by atoms with Crippen LogP contribution in [0.4, 0.5) is 0 Å². The summed E-state index contributed by atoms with van der Waals surface area (Å²) in [4.78, 5) is 0. The molecule has 0 radical (unpaired) electrons. The number of hydrogen-bond acceptors (Lipinski definition) is 7. The van der Waals surface area contributed by atoms with Crippen molar-refractivity contribution in [3.63, 3.8) is 0 Å². The second-order valence-corrected chi connectivity index (χ2v) is 7.86. The van der Waals surface area contributed by atoms with Crippen LogP contribution in [-0.2, 0) is 18.9 Å². The standard InChI is InChI=1S/C22H30O7/c1-23-14-28-20(15-11-16(24-2)19(26-4)17(12-15)25-3)21-7-5-6-8-22(21)9-10-27-18(13-21)29-22/h9-12,18,20H,5-8,13-14H2,1-4H3/t18-,20+,21+,22-/m1/s1. The molecule has 2 fully saturated rings. The predicted octanol–water partition coefficient (Wildman–Crippen LogP) is 3.96. The largest absolute Gasteiger partial charge is 0.493 e. The summed E-state index contributed by atoms with van der Waals surface area (Å²) in [6.45, 7) is 0.175. The molecule has 1 spiro atoms. The van der Waals surface area contributed by atoms with Crippen molar-refractivity contribution in [3.05, 3.63) is 30.0 Å². The van der Waals surface area contributed by atoms with Gasteiger partial charge in [-0.3, -0.25) is 0 Å². The van der Waals surface area contributed by atoms with Crippen LogP contribution >= 0.6 is 0 Å². The molecule has 29 heavy (non-hydrogen) atoms. The monoisotopic (exact) mass is 406 g/mol. The van der Waals surface area contributed by atoms with E-state index in [9.17, 15) is 0 Å². The topological polar surface area (TPSA) is 64.6 Å². The Labute approximate surface area is 171 Å². The van der Waals surface area contributed by atoms with E-state index in [1.807, 2.05) is 12.1 Å². The molecule has 160 valence electrons. The molecule has 2 aliphatic heterocycles. The summed E-state index contributed by atoms with van der Waals surface area (Å²) in [5, 5.41) is 0. The van der Waals surface area contributed by atoms with E-state index in [0.29, 0.717) is 17.2 Å². The first-order valence-electron chi connectivity index (χ1n) is 10.0. The smallest absolute Gasteiger partial charge is 0.203 e. The molecule has 0 aromatic heterocycles. The van der Waals surface area contributed by atoms with Gasteiger partial charge in [0.25, 0.3) is 0 Å². The fourth-order valence-electron chi connectivity index (χ4n) is 5.34. The molecular formula is C22H30O7. The first-order valence-corrected chi connectivity index (χ1v) is 10.0. The third-order valence-electron chi connectivity index (χ3n) is 6.55. The fraction of sp³-hybridized carbons (Fsp3) is 0.636. The van der Waals surface area contributed by atoms with Gasteiger partial charge in [0.05, 0.1) is 33.7 Å². The van der Waals surface area contributed by atoms with Gasteiger partial charge < -0.3 is 33.2 Å². The van der Waals surface area contributed by atoms with E-state index in [2.05, 4.69) is 6.08 Å². The van der Waals surface area contributed by atoms with E-state index in [-0.39, 0.29) is 24.6 Å². The summed E-state index contributed by atoms with van der Waals surface area (Å²) in [6.07, 6.45) is 8.24. The first-order chi connectivity index (χ1) is 14.1. The minimum Gasteiger partial charge on any atom is -0.493 e. The number of benzene rings is 1. The summed E-state index contributed by atoms with van der Waals surface area (Å²) in [5.41, 5.74) is 0.265. The highest BCUT2D eigenvalue weighted by Crippen LogP contribution is 2.64. The number of hydrogen-bond donors (Lipinski definition) is 0. The Kier molecular flexibility index (Phi) is 5.64. The Bertz CT molecular complexity index is 739. The highest BCUT2D eigenvalue weighted by atomic mass is 16.7. The van der Waals surface area contributed by atoms with Crippen LogP contribution in [0.15, 0.2) is 24.5 Å². The van der Waals surface area contributed by atoms with Gasteiger partial charge in [0.2, 0.25) is 12.0 Å². The molecule has 7 heteroatoms. The zero-order valence-electron chi connectivity index (χ0n) is 17.6. The zero-order chi connectivity index (χ0) is 20.5. The molecule has 0 amide bonds. The van der Waals surface area contributed by atoms with Crippen LogP contribution in [0.2, 0.25) is 0 Å². The molecule has 0 N–H and O–H groups in total. The maximum Gasteiger partial charge on any atom is 0.203 e. The lowest BCUT2D eigenvalue weighted by molar-refractivity contribution is -0.194. The van der Waals surface area contributed by atoms with E-state index < -0.39 is 5.60 Å². The average Bonchev–Trinajstić information content (AvgIpc) is 2.99. The van der Waals surface area contributed by atoms with Crippen LogP contribution in [0.5, 0.6) is 17.2 Å². The number of methoxy groups -OCH3 is 4. The van der Waals surface area contributed by atoms with Gasteiger partial charge in [-0.05, 0) is 36.6 Å². The van der Waals surface area contributed by atoms with E-state index >= 15 is 0 Å². The van der Waals surface area contributed by atoms with E-state index in [1.165, 1.54) is 0 Å². The normalized spacial score (nSPS) is 31.0.